The van der Waals surface area contributed by atoms with Gasteiger partial charge < -0.3 is 10.2 Å². The molecule has 3 rings (SSSR count). The van der Waals surface area contributed by atoms with Crippen molar-refractivity contribution in [1.29, 1.82) is 5.26 Å². The molecule has 1 aromatic rings. The molecule has 0 aromatic heterocycles. The molecule has 1 saturated carbocycles. The predicted octanol–water partition coefficient (Wildman–Crippen LogP) is 2.55. The van der Waals surface area contributed by atoms with Gasteiger partial charge in [0.25, 0.3) is 0 Å². The van der Waals surface area contributed by atoms with Gasteiger partial charge in [-0.15, -0.1) is 0 Å². The van der Waals surface area contributed by atoms with Gasteiger partial charge in [0, 0.05) is 24.2 Å². The molecule has 0 spiro atoms. The van der Waals surface area contributed by atoms with Gasteiger partial charge in [-0.2, -0.15) is 5.26 Å². The Kier molecular flexibility index (Phi) is 4.18. The van der Waals surface area contributed by atoms with E-state index in [-0.39, 0.29) is 17.7 Å². The fourth-order valence-electron chi connectivity index (χ4n) is 2.99. The smallest absolute Gasteiger partial charge is 0.131 e. The lowest BCUT2D eigenvalue weighted by molar-refractivity contribution is 0.188. The van der Waals surface area contributed by atoms with Crippen molar-refractivity contribution in [2.75, 3.05) is 13.1 Å². The van der Waals surface area contributed by atoms with E-state index in [1.165, 1.54) is 12.8 Å². The van der Waals surface area contributed by atoms with Crippen molar-refractivity contribution in [2.24, 2.45) is 0 Å². The predicted molar refractivity (Wildman–Crippen MR) is 75.5 cm³/mol. The molecule has 1 aliphatic carbocycles. The van der Waals surface area contributed by atoms with Crippen molar-refractivity contribution in [3.8, 4) is 6.07 Å². The van der Waals surface area contributed by atoms with Crippen LogP contribution in [-0.2, 0) is 6.54 Å². The second kappa shape index (κ2) is 6.08. The third-order valence-corrected chi connectivity index (χ3v) is 4.43. The Labute approximate surface area is 123 Å². The first kappa shape index (κ1) is 14.4. The van der Waals surface area contributed by atoms with Gasteiger partial charge in [0.05, 0.1) is 11.6 Å². The standard InChI is InChI=1S/C16H19F2N3/c17-15-7-11(9-19)8-16(18)14(15)10-20-12-3-5-21(6-4-12)13-1-2-13/h7-8,12-13,20H,1-6,10H2. The van der Waals surface area contributed by atoms with Crippen LogP contribution in [-0.4, -0.2) is 30.1 Å². The molecule has 5 heteroatoms. The lowest BCUT2D eigenvalue weighted by atomic mass is 10.0. The van der Waals surface area contributed by atoms with Gasteiger partial charge in [-0.25, -0.2) is 8.78 Å². The highest BCUT2D eigenvalue weighted by molar-refractivity contribution is 5.34. The summed E-state index contributed by atoms with van der Waals surface area (Å²) >= 11 is 0. The fourth-order valence-corrected chi connectivity index (χ4v) is 2.99. The number of hydrogen-bond acceptors (Lipinski definition) is 3. The van der Waals surface area contributed by atoms with Crippen LogP contribution in [0.1, 0.15) is 36.8 Å². The van der Waals surface area contributed by atoms with Crippen molar-refractivity contribution in [2.45, 2.75) is 44.3 Å². The third kappa shape index (κ3) is 3.39. The molecule has 0 bridgehead atoms. The van der Waals surface area contributed by atoms with Gasteiger partial charge in [-0.05, 0) is 50.9 Å². The lowest BCUT2D eigenvalue weighted by Crippen LogP contribution is -2.43. The Morgan fingerprint density at radius 3 is 2.29 bits per heavy atom. The number of nitrogens with zero attached hydrogens (tertiary/aromatic N) is 2. The van der Waals surface area contributed by atoms with Gasteiger partial charge in [-0.1, -0.05) is 0 Å². The Balaban J connectivity index is 1.54. The average molecular weight is 291 g/mol. The first-order valence-corrected chi connectivity index (χ1v) is 7.53. The monoisotopic (exact) mass is 291 g/mol. The van der Waals surface area contributed by atoms with E-state index in [1.807, 2.05) is 0 Å². The van der Waals surface area contributed by atoms with E-state index < -0.39 is 11.6 Å². The number of hydrogen-bond donors (Lipinski definition) is 1. The molecule has 0 unspecified atom stereocenters. The molecule has 1 saturated heterocycles. The fraction of sp³-hybridized carbons (Fsp3) is 0.562. The van der Waals surface area contributed by atoms with Crippen molar-refractivity contribution < 1.29 is 8.78 Å². The minimum absolute atomic E-state index is 0.0199. The van der Waals surface area contributed by atoms with E-state index >= 15 is 0 Å². The normalized spacial score (nSPS) is 20.4. The van der Waals surface area contributed by atoms with Crippen LogP contribution < -0.4 is 5.32 Å². The van der Waals surface area contributed by atoms with Gasteiger partial charge in [0.2, 0.25) is 0 Å². The number of piperidine rings is 1. The Morgan fingerprint density at radius 2 is 1.76 bits per heavy atom. The molecule has 0 radical (unpaired) electrons. The van der Waals surface area contributed by atoms with Crippen LogP contribution in [0.5, 0.6) is 0 Å². The van der Waals surface area contributed by atoms with Crippen LogP contribution in [0.2, 0.25) is 0 Å². The Bertz CT molecular complexity index is 532. The van der Waals surface area contributed by atoms with Crippen LogP contribution in [0.15, 0.2) is 12.1 Å². The maximum atomic E-state index is 13.8. The maximum absolute atomic E-state index is 13.8. The zero-order valence-corrected chi connectivity index (χ0v) is 11.9. The number of nitriles is 1. The number of benzene rings is 1. The van der Waals surface area contributed by atoms with Crippen molar-refractivity contribution in [3.63, 3.8) is 0 Å². The number of likely N-dealkylation sites (tertiary alicyclic amines) is 1. The minimum atomic E-state index is -0.644. The molecular formula is C16H19F2N3. The topological polar surface area (TPSA) is 39.1 Å². The lowest BCUT2D eigenvalue weighted by Gasteiger charge is -2.32. The zero-order chi connectivity index (χ0) is 14.8. The second-order valence-electron chi connectivity index (χ2n) is 5.95. The molecule has 1 aliphatic heterocycles. The summed E-state index contributed by atoms with van der Waals surface area (Å²) in [6.07, 6.45) is 4.69. The van der Waals surface area contributed by atoms with E-state index in [2.05, 4.69) is 10.2 Å². The molecule has 1 aromatic carbocycles. The van der Waals surface area contributed by atoms with Crippen LogP contribution in [0.4, 0.5) is 8.78 Å². The summed E-state index contributed by atoms with van der Waals surface area (Å²) in [5.41, 5.74) is 0.0464. The van der Waals surface area contributed by atoms with Gasteiger partial charge in [-0.3, -0.25) is 0 Å². The molecule has 0 atom stereocenters. The maximum Gasteiger partial charge on any atom is 0.131 e. The SMILES string of the molecule is N#Cc1cc(F)c(CNC2CCN(C3CC3)CC2)c(F)c1. The van der Waals surface area contributed by atoms with E-state index in [1.54, 1.807) is 6.07 Å². The van der Waals surface area contributed by atoms with Crippen LogP contribution in [0.3, 0.4) is 0 Å². The summed E-state index contributed by atoms with van der Waals surface area (Å²) in [4.78, 5) is 2.51. The second-order valence-corrected chi connectivity index (χ2v) is 5.95. The first-order valence-electron chi connectivity index (χ1n) is 7.53. The zero-order valence-electron chi connectivity index (χ0n) is 11.9. The largest absolute Gasteiger partial charge is 0.310 e. The average Bonchev–Trinajstić information content (AvgIpc) is 3.31. The molecule has 21 heavy (non-hydrogen) atoms. The van der Waals surface area contributed by atoms with Gasteiger partial charge in [0.1, 0.15) is 11.6 Å². The number of halogens is 2. The molecule has 0 amide bonds. The number of rotatable bonds is 4. The minimum Gasteiger partial charge on any atom is -0.310 e. The van der Waals surface area contributed by atoms with Crippen LogP contribution >= 0.6 is 0 Å². The molecule has 1 heterocycles. The quantitative estimate of drug-likeness (QED) is 0.926. The molecular weight excluding hydrogens is 272 g/mol. The highest BCUT2D eigenvalue weighted by atomic mass is 19.1. The summed E-state index contributed by atoms with van der Waals surface area (Å²) in [5, 5.41) is 11.9. The summed E-state index contributed by atoms with van der Waals surface area (Å²) in [5.74, 6) is -1.29. The molecule has 112 valence electrons. The van der Waals surface area contributed by atoms with Crippen molar-refractivity contribution >= 4 is 0 Å². The van der Waals surface area contributed by atoms with Gasteiger partial charge in [0.15, 0.2) is 0 Å². The van der Waals surface area contributed by atoms with Crippen LogP contribution in [0.25, 0.3) is 0 Å². The number of nitrogens with one attached hydrogen (secondary N) is 1. The van der Waals surface area contributed by atoms with E-state index in [4.69, 9.17) is 5.26 Å². The van der Waals surface area contributed by atoms with Crippen molar-refractivity contribution in [1.82, 2.24) is 10.2 Å². The summed E-state index contributed by atoms with van der Waals surface area (Å²) in [6, 6.07) is 5.05. The van der Waals surface area contributed by atoms with E-state index in [0.717, 1.165) is 44.1 Å². The van der Waals surface area contributed by atoms with Gasteiger partial charge >= 0.3 is 0 Å². The van der Waals surface area contributed by atoms with E-state index in [9.17, 15) is 8.78 Å². The first-order chi connectivity index (χ1) is 10.2. The molecule has 1 N–H and O–H groups in total. The van der Waals surface area contributed by atoms with Crippen LogP contribution in [0, 0.1) is 23.0 Å². The van der Waals surface area contributed by atoms with E-state index in [0.29, 0.717) is 6.04 Å². The van der Waals surface area contributed by atoms with Crippen molar-refractivity contribution in [3.05, 3.63) is 34.9 Å². The Morgan fingerprint density at radius 1 is 1.14 bits per heavy atom. The summed E-state index contributed by atoms with van der Waals surface area (Å²) in [6.45, 7) is 2.32. The third-order valence-electron chi connectivity index (χ3n) is 4.43. The Hall–Kier alpha value is -1.51. The highest BCUT2D eigenvalue weighted by Crippen LogP contribution is 2.29. The summed E-state index contributed by atoms with van der Waals surface area (Å²) < 4.78 is 27.6. The molecule has 2 fully saturated rings. The molecule has 2 aliphatic rings. The highest BCUT2D eigenvalue weighted by Gasteiger charge is 2.31. The molecule has 3 nitrogen and oxygen atoms in total. The summed E-state index contributed by atoms with van der Waals surface area (Å²) in [7, 11) is 0.